The molecular formula is C14H18N2O3S. The van der Waals surface area contributed by atoms with Crippen LogP contribution in [0.15, 0.2) is 24.3 Å². The number of aliphatic hydroxyl groups is 2. The number of rotatable bonds is 8. The summed E-state index contributed by atoms with van der Waals surface area (Å²) in [6, 6.07) is 8.89. The second kappa shape index (κ2) is 9.37. The molecule has 3 N–H and O–H groups in total. The lowest BCUT2D eigenvalue weighted by atomic mass is 10.2. The van der Waals surface area contributed by atoms with Gasteiger partial charge in [-0.05, 0) is 24.3 Å². The first kappa shape index (κ1) is 16.5. The fourth-order valence-electron chi connectivity index (χ4n) is 1.51. The SMILES string of the molecule is N#Cc1ccccc1NC(=O)CCCSCC(O)CO. The first-order chi connectivity index (χ1) is 9.67. The number of thioether (sulfide) groups is 1. The van der Waals surface area contributed by atoms with Crippen molar-refractivity contribution in [1.82, 2.24) is 0 Å². The first-order valence-electron chi connectivity index (χ1n) is 6.33. The summed E-state index contributed by atoms with van der Waals surface area (Å²) in [6.45, 7) is -0.238. The molecule has 0 fully saturated rings. The zero-order valence-corrected chi connectivity index (χ0v) is 11.9. The van der Waals surface area contributed by atoms with Crippen LogP contribution in [0.3, 0.4) is 0 Å². The Kier molecular flexibility index (Phi) is 7.73. The highest BCUT2D eigenvalue weighted by Gasteiger charge is 2.06. The average molecular weight is 294 g/mol. The molecule has 108 valence electrons. The van der Waals surface area contributed by atoms with Gasteiger partial charge < -0.3 is 15.5 Å². The Hall–Kier alpha value is -1.55. The predicted molar refractivity (Wildman–Crippen MR) is 79.4 cm³/mol. The summed E-state index contributed by atoms with van der Waals surface area (Å²) >= 11 is 1.50. The van der Waals surface area contributed by atoms with Gasteiger partial charge in [0.1, 0.15) is 6.07 Å². The van der Waals surface area contributed by atoms with Gasteiger partial charge in [0, 0.05) is 12.2 Å². The molecule has 0 radical (unpaired) electrons. The van der Waals surface area contributed by atoms with Crippen molar-refractivity contribution in [2.45, 2.75) is 18.9 Å². The number of benzene rings is 1. The van der Waals surface area contributed by atoms with Crippen molar-refractivity contribution >= 4 is 23.4 Å². The number of nitrogens with zero attached hydrogens (tertiary/aromatic N) is 1. The van der Waals surface area contributed by atoms with Crippen molar-refractivity contribution in [2.75, 3.05) is 23.4 Å². The number of aliphatic hydroxyl groups excluding tert-OH is 2. The lowest BCUT2D eigenvalue weighted by Crippen LogP contribution is -2.15. The maximum absolute atomic E-state index is 11.7. The van der Waals surface area contributed by atoms with E-state index >= 15 is 0 Å². The van der Waals surface area contributed by atoms with E-state index < -0.39 is 6.10 Å². The van der Waals surface area contributed by atoms with Crippen LogP contribution < -0.4 is 5.32 Å². The number of hydrogen-bond acceptors (Lipinski definition) is 5. The Morgan fingerprint density at radius 1 is 1.45 bits per heavy atom. The monoisotopic (exact) mass is 294 g/mol. The van der Waals surface area contributed by atoms with Crippen LogP contribution in [0.2, 0.25) is 0 Å². The van der Waals surface area contributed by atoms with Crippen LogP contribution in [0.25, 0.3) is 0 Å². The van der Waals surface area contributed by atoms with Crippen molar-refractivity contribution in [3.05, 3.63) is 29.8 Å². The third kappa shape index (κ3) is 6.06. The Morgan fingerprint density at radius 2 is 2.20 bits per heavy atom. The first-order valence-corrected chi connectivity index (χ1v) is 7.48. The van der Waals surface area contributed by atoms with E-state index in [0.29, 0.717) is 29.8 Å². The fraction of sp³-hybridized carbons (Fsp3) is 0.429. The van der Waals surface area contributed by atoms with Gasteiger partial charge in [0.15, 0.2) is 0 Å². The minimum absolute atomic E-state index is 0.129. The summed E-state index contributed by atoms with van der Waals surface area (Å²) in [5.74, 6) is 1.08. The van der Waals surface area contributed by atoms with Crippen molar-refractivity contribution < 1.29 is 15.0 Å². The molecule has 0 heterocycles. The number of hydrogen-bond donors (Lipinski definition) is 3. The highest BCUT2D eigenvalue weighted by atomic mass is 32.2. The van der Waals surface area contributed by atoms with Crippen LogP contribution >= 0.6 is 11.8 Å². The Morgan fingerprint density at radius 3 is 2.90 bits per heavy atom. The van der Waals surface area contributed by atoms with Crippen LogP contribution in [0.1, 0.15) is 18.4 Å². The van der Waals surface area contributed by atoms with Crippen LogP contribution in [0.4, 0.5) is 5.69 Å². The third-order valence-electron chi connectivity index (χ3n) is 2.54. The summed E-state index contributed by atoms with van der Waals surface area (Å²) in [6.07, 6.45) is 0.349. The van der Waals surface area contributed by atoms with E-state index in [9.17, 15) is 4.79 Å². The number of nitriles is 1. The largest absolute Gasteiger partial charge is 0.394 e. The van der Waals surface area contributed by atoms with E-state index in [4.69, 9.17) is 15.5 Å². The molecule has 20 heavy (non-hydrogen) atoms. The molecule has 1 unspecified atom stereocenters. The van der Waals surface area contributed by atoms with Gasteiger partial charge in [-0.2, -0.15) is 17.0 Å². The number of amides is 1. The second-order valence-electron chi connectivity index (χ2n) is 4.22. The molecule has 1 aromatic carbocycles. The summed E-state index contributed by atoms with van der Waals surface area (Å²) < 4.78 is 0. The predicted octanol–water partition coefficient (Wildman–Crippen LogP) is 1.36. The van der Waals surface area contributed by atoms with Crippen molar-refractivity contribution in [3.8, 4) is 6.07 Å². The van der Waals surface area contributed by atoms with Gasteiger partial charge in [-0.25, -0.2) is 0 Å². The molecule has 1 atom stereocenters. The minimum atomic E-state index is -0.698. The number of para-hydroxylation sites is 1. The molecule has 0 aliphatic rings. The second-order valence-corrected chi connectivity index (χ2v) is 5.37. The molecule has 0 aromatic heterocycles. The van der Waals surface area contributed by atoms with Gasteiger partial charge in [0.2, 0.25) is 5.91 Å². The topological polar surface area (TPSA) is 93.4 Å². The fourth-order valence-corrected chi connectivity index (χ4v) is 2.40. The number of carbonyl (C=O) groups is 1. The summed E-state index contributed by atoms with van der Waals surface area (Å²) in [5.41, 5.74) is 0.977. The number of carbonyl (C=O) groups excluding carboxylic acids is 1. The van der Waals surface area contributed by atoms with Gasteiger partial charge in [-0.3, -0.25) is 4.79 Å². The lowest BCUT2D eigenvalue weighted by molar-refractivity contribution is -0.116. The highest BCUT2D eigenvalue weighted by Crippen LogP contribution is 2.14. The molecule has 0 bridgehead atoms. The zero-order chi connectivity index (χ0) is 14.8. The standard InChI is InChI=1S/C14H18N2O3S/c15-8-11-4-1-2-5-13(11)16-14(19)6-3-7-20-10-12(18)9-17/h1-2,4-5,12,17-18H,3,6-7,9-10H2,(H,16,19). The molecule has 6 heteroatoms. The molecule has 5 nitrogen and oxygen atoms in total. The van der Waals surface area contributed by atoms with Gasteiger partial charge in [0.25, 0.3) is 0 Å². The lowest BCUT2D eigenvalue weighted by Gasteiger charge is -2.08. The van der Waals surface area contributed by atoms with Gasteiger partial charge >= 0.3 is 0 Å². The van der Waals surface area contributed by atoms with Crippen LogP contribution in [-0.4, -0.2) is 40.3 Å². The van der Waals surface area contributed by atoms with E-state index in [1.54, 1.807) is 24.3 Å². The van der Waals surface area contributed by atoms with E-state index in [1.165, 1.54) is 11.8 Å². The van der Waals surface area contributed by atoms with E-state index in [2.05, 4.69) is 5.32 Å². The van der Waals surface area contributed by atoms with Crippen molar-refractivity contribution in [3.63, 3.8) is 0 Å². The molecule has 0 saturated carbocycles. The maximum atomic E-state index is 11.7. The van der Waals surface area contributed by atoms with Crippen molar-refractivity contribution in [1.29, 1.82) is 5.26 Å². The van der Waals surface area contributed by atoms with Crippen LogP contribution in [0.5, 0.6) is 0 Å². The van der Waals surface area contributed by atoms with E-state index in [-0.39, 0.29) is 12.5 Å². The zero-order valence-electron chi connectivity index (χ0n) is 11.1. The summed E-state index contributed by atoms with van der Waals surface area (Å²) in [5, 5.41) is 29.4. The molecule has 0 saturated heterocycles. The van der Waals surface area contributed by atoms with Gasteiger partial charge in [0.05, 0.1) is 24.0 Å². The Bertz CT molecular complexity index is 474. The highest BCUT2D eigenvalue weighted by molar-refractivity contribution is 7.99. The maximum Gasteiger partial charge on any atom is 0.224 e. The quantitative estimate of drug-likeness (QED) is 0.630. The smallest absolute Gasteiger partial charge is 0.224 e. The number of anilines is 1. The molecule has 0 spiro atoms. The Labute approximate surface area is 122 Å². The van der Waals surface area contributed by atoms with Gasteiger partial charge in [-0.1, -0.05) is 12.1 Å². The third-order valence-corrected chi connectivity index (χ3v) is 3.73. The normalized spacial score (nSPS) is 11.7. The summed E-state index contributed by atoms with van der Waals surface area (Å²) in [7, 11) is 0. The molecule has 0 aliphatic heterocycles. The van der Waals surface area contributed by atoms with Gasteiger partial charge in [-0.15, -0.1) is 0 Å². The number of nitrogens with one attached hydrogen (secondary N) is 1. The van der Waals surface area contributed by atoms with E-state index in [0.717, 1.165) is 5.75 Å². The molecular weight excluding hydrogens is 276 g/mol. The van der Waals surface area contributed by atoms with Crippen LogP contribution in [-0.2, 0) is 4.79 Å². The van der Waals surface area contributed by atoms with E-state index in [1.807, 2.05) is 6.07 Å². The van der Waals surface area contributed by atoms with Crippen LogP contribution in [0, 0.1) is 11.3 Å². The van der Waals surface area contributed by atoms with Crippen molar-refractivity contribution in [2.24, 2.45) is 0 Å². The molecule has 1 rings (SSSR count). The molecule has 0 aliphatic carbocycles. The average Bonchev–Trinajstić information content (AvgIpc) is 2.47. The minimum Gasteiger partial charge on any atom is -0.394 e. The molecule has 1 aromatic rings. The summed E-state index contributed by atoms with van der Waals surface area (Å²) in [4.78, 5) is 11.7. The Balaban J connectivity index is 2.26. The molecule has 1 amide bonds.